The molecule has 20 heavy (non-hydrogen) atoms. The summed E-state index contributed by atoms with van der Waals surface area (Å²) in [5.41, 5.74) is 2.10. The van der Waals surface area contributed by atoms with Crippen molar-refractivity contribution in [2.45, 2.75) is 39.7 Å². The van der Waals surface area contributed by atoms with Gasteiger partial charge < -0.3 is 5.32 Å². The maximum Gasteiger partial charge on any atom is 0.142 e. The third-order valence-electron chi connectivity index (χ3n) is 2.92. The average molecular weight is 310 g/mol. The Balaban J connectivity index is 2.21. The van der Waals surface area contributed by atoms with Crippen molar-refractivity contribution in [2.75, 3.05) is 6.54 Å². The SMILES string of the molecule is CCCNCc1sc(-c2ccc(Cl)cn2)nc1CCC. The van der Waals surface area contributed by atoms with E-state index in [1.54, 1.807) is 17.5 Å². The zero-order valence-corrected chi connectivity index (χ0v) is 13.5. The van der Waals surface area contributed by atoms with Crippen LogP contribution in [0.5, 0.6) is 0 Å². The Morgan fingerprint density at radius 1 is 1.25 bits per heavy atom. The van der Waals surface area contributed by atoms with Crippen molar-refractivity contribution in [2.24, 2.45) is 0 Å². The minimum atomic E-state index is 0.656. The highest BCUT2D eigenvalue weighted by Gasteiger charge is 2.12. The highest BCUT2D eigenvalue weighted by molar-refractivity contribution is 7.15. The van der Waals surface area contributed by atoms with Crippen LogP contribution in [0.3, 0.4) is 0 Å². The monoisotopic (exact) mass is 309 g/mol. The van der Waals surface area contributed by atoms with Crippen LogP contribution in [-0.4, -0.2) is 16.5 Å². The van der Waals surface area contributed by atoms with Crippen LogP contribution in [0.2, 0.25) is 5.02 Å². The zero-order chi connectivity index (χ0) is 14.4. The molecule has 0 aliphatic carbocycles. The lowest BCUT2D eigenvalue weighted by Crippen LogP contribution is -2.13. The Bertz CT molecular complexity index is 537. The molecule has 0 unspecified atom stereocenters. The molecule has 0 radical (unpaired) electrons. The summed E-state index contributed by atoms with van der Waals surface area (Å²) >= 11 is 7.61. The maximum atomic E-state index is 5.88. The molecule has 0 aliphatic heterocycles. The van der Waals surface area contributed by atoms with Gasteiger partial charge in [0.15, 0.2) is 0 Å². The lowest BCUT2D eigenvalue weighted by molar-refractivity contribution is 0.674. The first-order valence-corrected chi connectivity index (χ1v) is 8.25. The molecule has 3 nitrogen and oxygen atoms in total. The number of aryl methyl sites for hydroxylation is 1. The number of nitrogens with one attached hydrogen (secondary N) is 1. The molecular formula is C15H20ClN3S. The van der Waals surface area contributed by atoms with Gasteiger partial charge in [0.1, 0.15) is 5.01 Å². The van der Waals surface area contributed by atoms with E-state index in [1.165, 1.54) is 10.6 Å². The number of thiazole rings is 1. The first kappa shape index (κ1) is 15.4. The molecule has 1 N–H and O–H groups in total. The number of hydrogen-bond donors (Lipinski definition) is 1. The fraction of sp³-hybridized carbons (Fsp3) is 0.467. The van der Waals surface area contributed by atoms with Gasteiger partial charge in [0, 0.05) is 17.6 Å². The molecule has 0 aliphatic rings. The van der Waals surface area contributed by atoms with E-state index in [9.17, 15) is 0 Å². The molecule has 0 aromatic carbocycles. The lowest BCUT2D eigenvalue weighted by atomic mass is 10.2. The van der Waals surface area contributed by atoms with Crippen LogP contribution in [0.15, 0.2) is 18.3 Å². The molecular weight excluding hydrogens is 290 g/mol. The highest BCUT2D eigenvalue weighted by atomic mass is 35.5. The molecule has 2 aromatic rings. The number of pyridine rings is 1. The Hall–Kier alpha value is -0.970. The minimum Gasteiger partial charge on any atom is -0.312 e. The summed E-state index contributed by atoms with van der Waals surface area (Å²) in [7, 11) is 0. The smallest absolute Gasteiger partial charge is 0.142 e. The molecule has 0 atom stereocenters. The normalized spacial score (nSPS) is 10.9. The van der Waals surface area contributed by atoms with E-state index in [4.69, 9.17) is 16.6 Å². The second-order valence-corrected chi connectivity index (χ2v) is 6.20. The molecule has 0 saturated carbocycles. The van der Waals surface area contributed by atoms with Crippen LogP contribution < -0.4 is 5.32 Å². The Labute approximate surface area is 129 Å². The minimum absolute atomic E-state index is 0.656. The average Bonchev–Trinajstić information content (AvgIpc) is 2.84. The first-order valence-electron chi connectivity index (χ1n) is 7.05. The number of aromatic nitrogens is 2. The van der Waals surface area contributed by atoms with E-state index in [2.05, 4.69) is 24.1 Å². The van der Waals surface area contributed by atoms with Crippen molar-refractivity contribution in [1.82, 2.24) is 15.3 Å². The summed E-state index contributed by atoms with van der Waals surface area (Å²) in [5.74, 6) is 0. The third kappa shape index (κ3) is 4.01. The van der Waals surface area contributed by atoms with E-state index in [0.29, 0.717) is 5.02 Å². The number of halogens is 1. The van der Waals surface area contributed by atoms with E-state index < -0.39 is 0 Å². The molecule has 5 heteroatoms. The van der Waals surface area contributed by atoms with Crippen molar-refractivity contribution in [3.8, 4) is 10.7 Å². The Morgan fingerprint density at radius 2 is 2.10 bits per heavy atom. The largest absolute Gasteiger partial charge is 0.312 e. The van der Waals surface area contributed by atoms with Crippen molar-refractivity contribution < 1.29 is 0 Å². The van der Waals surface area contributed by atoms with E-state index >= 15 is 0 Å². The summed E-state index contributed by atoms with van der Waals surface area (Å²) in [4.78, 5) is 10.4. The fourth-order valence-corrected chi connectivity index (χ4v) is 3.11. The van der Waals surface area contributed by atoms with Crippen molar-refractivity contribution in [3.63, 3.8) is 0 Å². The molecule has 0 saturated heterocycles. The number of nitrogens with zero attached hydrogens (tertiary/aromatic N) is 2. The quantitative estimate of drug-likeness (QED) is 0.774. The summed E-state index contributed by atoms with van der Waals surface area (Å²) in [6.07, 6.45) is 4.95. The Morgan fingerprint density at radius 3 is 2.75 bits per heavy atom. The van der Waals surface area contributed by atoms with E-state index in [0.717, 1.165) is 43.1 Å². The van der Waals surface area contributed by atoms with E-state index in [1.807, 2.05) is 12.1 Å². The topological polar surface area (TPSA) is 37.8 Å². The van der Waals surface area contributed by atoms with Crippen LogP contribution in [0.1, 0.15) is 37.3 Å². The van der Waals surface area contributed by atoms with Crippen LogP contribution in [0.4, 0.5) is 0 Å². The lowest BCUT2D eigenvalue weighted by Gasteiger charge is -2.02. The van der Waals surface area contributed by atoms with Crippen molar-refractivity contribution in [3.05, 3.63) is 33.9 Å². The number of rotatable bonds is 7. The van der Waals surface area contributed by atoms with Gasteiger partial charge in [-0.3, -0.25) is 4.98 Å². The summed E-state index contributed by atoms with van der Waals surface area (Å²) < 4.78 is 0. The van der Waals surface area contributed by atoms with Crippen molar-refractivity contribution in [1.29, 1.82) is 0 Å². The summed E-state index contributed by atoms with van der Waals surface area (Å²) in [6, 6.07) is 3.79. The fourth-order valence-electron chi connectivity index (χ4n) is 1.94. The van der Waals surface area contributed by atoms with Crippen LogP contribution >= 0.6 is 22.9 Å². The molecule has 0 bridgehead atoms. The molecule has 0 amide bonds. The van der Waals surface area contributed by atoms with Gasteiger partial charge in [-0.15, -0.1) is 11.3 Å². The molecule has 2 aromatic heterocycles. The van der Waals surface area contributed by atoms with Gasteiger partial charge in [0.25, 0.3) is 0 Å². The summed E-state index contributed by atoms with van der Waals surface area (Å²) in [6.45, 7) is 6.30. The van der Waals surface area contributed by atoms with E-state index in [-0.39, 0.29) is 0 Å². The van der Waals surface area contributed by atoms with Gasteiger partial charge >= 0.3 is 0 Å². The van der Waals surface area contributed by atoms with Crippen LogP contribution in [0.25, 0.3) is 10.7 Å². The number of hydrogen-bond acceptors (Lipinski definition) is 4. The van der Waals surface area contributed by atoms with Gasteiger partial charge in [-0.25, -0.2) is 4.98 Å². The van der Waals surface area contributed by atoms with Crippen molar-refractivity contribution >= 4 is 22.9 Å². The molecule has 2 rings (SSSR count). The van der Waals surface area contributed by atoms with Gasteiger partial charge in [-0.2, -0.15) is 0 Å². The molecule has 0 spiro atoms. The molecule has 108 valence electrons. The maximum absolute atomic E-state index is 5.88. The van der Waals surface area contributed by atoms with Gasteiger partial charge in [-0.1, -0.05) is 31.9 Å². The summed E-state index contributed by atoms with van der Waals surface area (Å²) in [5, 5.41) is 5.09. The second kappa shape index (κ2) is 7.72. The third-order valence-corrected chi connectivity index (χ3v) is 4.27. The highest BCUT2D eigenvalue weighted by Crippen LogP contribution is 2.28. The second-order valence-electron chi connectivity index (χ2n) is 4.68. The van der Waals surface area contributed by atoms with Gasteiger partial charge in [0.2, 0.25) is 0 Å². The Kier molecular flexibility index (Phi) is 5.95. The van der Waals surface area contributed by atoms with Gasteiger partial charge in [-0.05, 0) is 31.5 Å². The van der Waals surface area contributed by atoms with Crippen LogP contribution in [0, 0.1) is 0 Å². The molecule has 0 fully saturated rings. The standard InChI is InChI=1S/C15H20ClN3S/c1-3-5-12-14(10-17-8-4-2)20-15(19-12)13-7-6-11(16)9-18-13/h6-7,9,17H,3-5,8,10H2,1-2H3. The predicted octanol–water partition coefficient (Wildman–Crippen LogP) is 4.31. The predicted molar refractivity (Wildman–Crippen MR) is 86.3 cm³/mol. The molecule has 2 heterocycles. The van der Waals surface area contributed by atoms with Crippen LogP contribution in [-0.2, 0) is 13.0 Å². The zero-order valence-electron chi connectivity index (χ0n) is 11.9. The first-order chi connectivity index (χ1) is 9.74. The van der Waals surface area contributed by atoms with Gasteiger partial charge in [0.05, 0.1) is 16.4 Å².